The third-order valence-electron chi connectivity index (χ3n) is 2.43. The first-order valence-electron chi connectivity index (χ1n) is 5.54. The van der Waals surface area contributed by atoms with Crippen LogP contribution in [0.25, 0.3) is 11.0 Å². The molecule has 0 atom stereocenters. The third kappa shape index (κ3) is 2.23. The fourth-order valence-corrected chi connectivity index (χ4v) is 1.56. The Bertz CT molecular complexity index is 649. The van der Waals surface area contributed by atoms with E-state index in [1.807, 2.05) is 6.92 Å². The van der Waals surface area contributed by atoms with Crippen LogP contribution in [-0.2, 0) is 4.84 Å². The molecule has 0 aliphatic rings. The molecule has 0 unspecified atom stereocenters. The molecule has 0 aliphatic heterocycles. The Labute approximate surface area is 103 Å². The van der Waals surface area contributed by atoms with Crippen molar-refractivity contribution < 1.29 is 9.63 Å². The molecule has 0 radical (unpaired) electrons. The third-order valence-corrected chi connectivity index (χ3v) is 2.43. The highest BCUT2D eigenvalue weighted by Crippen LogP contribution is 2.06. The number of aryl methyl sites for hydroxylation is 1. The maximum atomic E-state index is 12.1. The molecule has 2 aromatic heterocycles. The smallest absolute Gasteiger partial charge is 0.280 e. The number of H-pyrrole nitrogens is 1. The fraction of sp³-hybridized carbons (Fsp3) is 0.250. The molecule has 0 fully saturated rings. The van der Waals surface area contributed by atoms with E-state index in [4.69, 9.17) is 4.84 Å². The van der Waals surface area contributed by atoms with E-state index in [1.165, 1.54) is 6.20 Å². The second-order valence-electron chi connectivity index (χ2n) is 3.74. The number of nitrogens with zero attached hydrogens (tertiary/aromatic N) is 1. The van der Waals surface area contributed by atoms with Crippen molar-refractivity contribution in [2.45, 2.75) is 13.8 Å². The zero-order valence-electron chi connectivity index (χ0n) is 10.1. The first-order valence-corrected chi connectivity index (χ1v) is 5.54. The average Bonchev–Trinajstić information content (AvgIpc) is 2.36. The summed E-state index contributed by atoms with van der Waals surface area (Å²) in [5.74, 6) is -0.569. The van der Waals surface area contributed by atoms with Crippen LogP contribution in [0.2, 0.25) is 0 Å². The van der Waals surface area contributed by atoms with Gasteiger partial charge >= 0.3 is 0 Å². The van der Waals surface area contributed by atoms with Crippen molar-refractivity contribution in [3.63, 3.8) is 0 Å². The van der Waals surface area contributed by atoms with Gasteiger partial charge in [-0.15, -0.1) is 0 Å². The summed E-state index contributed by atoms with van der Waals surface area (Å²) in [5, 5.41) is 0.379. The highest BCUT2D eigenvalue weighted by molar-refractivity contribution is 5.96. The van der Waals surface area contributed by atoms with E-state index in [2.05, 4.69) is 15.4 Å². The molecular weight excluding hydrogens is 234 g/mol. The van der Waals surface area contributed by atoms with E-state index in [9.17, 15) is 9.59 Å². The quantitative estimate of drug-likeness (QED) is 0.790. The minimum atomic E-state index is -0.569. The Morgan fingerprint density at radius 2 is 2.28 bits per heavy atom. The molecule has 6 heteroatoms. The number of hydrogen-bond donors (Lipinski definition) is 2. The van der Waals surface area contributed by atoms with Crippen molar-refractivity contribution in [1.82, 2.24) is 15.4 Å². The van der Waals surface area contributed by atoms with Crippen LogP contribution < -0.4 is 10.9 Å². The van der Waals surface area contributed by atoms with Gasteiger partial charge < -0.3 is 4.98 Å². The molecule has 2 heterocycles. The minimum Gasteiger partial charge on any atom is -0.345 e. The Morgan fingerprint density at radius 1 is 1.50 bits per heavy atom. The van der Waals surface area contributed by atoms with Gasteiger partial charge in [-0.2, -0.15) is 0 Å². The lowest BCUT2D eigenvalue weighted by Gasteiger charge is -2.04. The van der Waals surface area contributed by atoms with E-state index >= 15 is 0 Å². The summed E-state index contributed by atoms with van der Waals surface area (Å²) < 4.78 is 0. The summed E-state index contributed by atoms with van der Waals surface area (Å²) in [6.45, 7) is 3.89. The second-order valence-corrected chi connectivity index (χ2v) is 3.74. The molecule has 0 bridgehead atoms. The SMILES string of the molecule is CCONC(=O)c1c[nH]c2nc(C)ccc2c1=O. The number of carbonyl (C=O) groups is 1. The van der Waals surface area contributed by atoms with Crippen LogP contribution in [0.4, 0.5) is 0 Å². The molecule has 2 N–H and O–H groups in total. The summed E-state index contributed by atoms with van der Waals surface area (Å²) in [7, 11) is 0. The van der Waals surface area contributed by atoms with Crippen molar-refractivity contribution >= 4 is 16.9 Å². The number of amides is 1. The van der Waals surface area contributed by atoms with Gasteiger partial charge in [-0.3, -0.25) is 14.4 Å². The summed E-state index contributed by atoms with van der Waals surface area (Å²) in [4.78, 5) is 35.5. The van der Waals surface area contributed by atoms with Crippen LogP contribution in [0.15, 0.2) is 23.1 Å². The lowest BCUT2D eigenvalue weighted by Crippen LogP contribution is -2.29. The minimum absolute atomic E-state index is 0.00148. The molecular formula is C12H13N3O3. The van der Waals surface area contributed by atoms with E-state index in [0.29, 0.717) is 17.6 Å². The van der Waals surface area contributed by atoms with Crippen molar-refractivity contribution in [3.05, 3.63) is 39.8 Å². The predicted octanol–water partition coefficient (Wildman–Crippen LogP) is 0.913. The lowest BCUT2D eigenvalue weighted by molar-refractivity contribution is 0.0363. The van der Waals surface area contributed by atoms with Gasteiger partial charge in [-0.1, -0.05) is 0 Å². The molecule has 0 aliphatic carbocycles. The monoisotopic (exact) mass is 247 g/mol. The van der Waals surface area contributed by atoms with Gasteiger partial charge in [0.2, 0.25) is 5.43 Å². The molecule has 94 valence electrons. The molecule has 2 aromatic rings. The molecule has 0 saturated heterocycles. The van der Waals surface area contributed by atoms with Crippen LogP contribution in [0.5, 0.6) is 0 Å². The van der Waals surface area contributed by atoms with Crippen molar-refractivity contribution in [2.24, 2.45) is 0 Å². The second kappa shape index (κ2) is 4.97. The number of fused-ring (bicyclic) bond motifs is 1. The first kappa shape index (κ1) is 12.3. The molecule has 0 saturated carbocycles. The first-order chi connectivity index (χ1) is 8.63. The number of rotatable bonds is 3. The maximum absolute atomic E-state index is 12.1. The Hall–Kier alpha value is -2.21. The standard InChI is InChI=1S/C12H13N3O3/c1-3-18-15-12(17)9-6-13-11-8(10(9)16)5-4-7(2)14-11/h4-6H,3H2,1-2H3,(H,15,17)(H,13,14,16). The van der Waals surface area contributed by atoms with Crippen LogP contribution in [0, 0.1) is 6.92 Å². The van der Waals surface area contributed by atoms with Crippen LogP contribution in [0.1, 0.15) is 23.0 Å². The topological polar surface area (TPSA) is 84.1 Å². The lowest BCUT2D eigenvalue weighted by atomic mass is 10.2. The van der Waals surface area contributed by atoms with Crippen molar-refractivity contribution in [3.8, 4) is 0 Å². The molecule has 0 aromatic carbocycles. The number of carbonyl (C=O) groups excluding carboxylic acids is 1. The summed E-state index contributed by atoms with van der Waals surface area (Å²) in [6, 6.07) is 3.37. The molecule has 6 nitrogen and oxygen atoms in total. The number of aromatic nitrogens is 2. The Balaban J connectivity index is 2.48. The predicted molar refractivity (Wildman–Crippen MR) is 66.2 cm³/mol. The van der Waals surface area contributed by atoms with Crippen LogP contribution >= 0.6 is 0 Å². The van der Waals surface area contributed by atoms with E-state index in [1.54, 1.807) is 19.1 Å². The fourth-order valence-electron chi connectivity index (χ4n) is 1.56. The van der Waals surface area contributed by atoms with Gasteiger partial charge in [0.25, 0.3) is 5.91 Å². The van der Waals surface area contributed by atoms with Crippen LogP contribution in [-0.4, -0.2) is 22.5 Å². The molecule has 2 rings (SSSR count). The Kier molecular flexibility index (Phi) is 3.38. The average molecular weight is 247 g/mol. The number of nitrogens with one attached hydrogen (secondary N) is 2. The normalized spacial score (nSPS) is 10.6. The zero-order chi connectivity index (χ0) is 13.1. The molecule has 18 heavy (non-hydrogen) atoms. The Morgan fingerprint density at radius 3 is 3.00 bits per heavy atom. The van der Waals surface area contributed by atoms with Gasteiger partial charge in [0.05, 0.1) is 12.0 Å². The van der Waals surface area contributed by atoms with E-state index in [-0.39, 0.29) is 11.0 Å². The van der Waals surface area contributed by atoms with Gasteiger partial charge in [-0.05, 0) is 26.0 Å². The molecule has 0 spiro atoms. The van der Waals surface area contributed by atoms with Gasteiger partial charge in [0, 0.05) is 11.9 Å². The highest BCUT2D eigenvalue weighted by atomic mass is 16.6. The van der Waals surface area contributed by atoms with Gasteiger partial charge in [0.15, 0.2) is 0 Å². The van der Waals surface area contributed by atoms with Crippen molar-refractivity contribution in [1.29, 1.82) is 0 Å². The van der Waals surface area contributed by atoms with Gasteiger partial charge in [-0.25, -0.2) is 10.5 Å². The number of hydroxylamine groups is 1. The zero-order valence-corrected chi connectivity index (χ0v) is 10.1. The van der Waals surface area contributed by atoms with Crippen molar-refractivity contribution in [2.75, 3.05) is 6.61 Å². The number of aromatic amines is 1. The molecule has 1 amide bonds. The summed E-state index contributed by atoms with van der Waals surface area (Å²) >= 11 is 0. The van der Waals surface area contributed by atoms with Gasteiger partial charge in [0.1, 0.15) is 11.2 Å². The maximum Gasteiger partial charge on any atom is 0.280 e. The largest absolute Gasteiger partial charge is 0.345 e. The summed E-state index contributed by atoms with van der Waals surface area (Å²) in [5.41, 5.74) is 3.08. The van der Waals surface area contributed by atoms with E-state index < -0.39 is 5.91 Å². The highest BCUT2D eigenvalue weighted by Gasteiger charge is 2.13. The summed E-state index contributed by atoms with van der Waals surface area (Å²) in [6.07, 6.45) is 1.34. The van der Waals surface area contributed by atoms with E-state index in [0.717, 1.165) is 5.69 Å². The number of pyridine rings is 2. The number of hydrogen-bond acceptors (Lipinski definition) is 4. The van der Waals surface area contributed by atoms with Crippen LogP contribution in [0.3, 0.4) is 0 Å².